The normalized spacial score (nSPS) is 42.8. The van der Waals surface area contributed by atoms with E-state index in [-0.39, 0.29) is 5.41 Å². The Kier molecular flexibility index (Phi) is 2.54. The number of rotatable bonds is 2. The first-order valence-corrected chi connectivity index (χ1v) is 6.88. The maximum absolute atomic E-state index is 11.2. The lowest BCUT2D eigenvalue weighted by Crippen LogP contribution is -2.57. The van der Waals surface area contributed by atoms with E-state index in [1.54, 1.807) is 0 Å². The molecule has 2 aliphatic heterocycles. The molecule has 0 spiro atoms. The number of fused-ring (bicyclic) bond motifs is 1. The highest BCUT2D eigenvalue weighted by molar-refractivity contribution is 5.13. The Balaban J connectivity index is 1.91. The molecule has 1 aliphatic carbocycles. The lowest BCUT2D eigenvalue weighted by Gasteiger charge is -2.45. The molecular weight excluding hydrogens is 200 g/mol. The summed E-state index contributed by atoms with van der Waals surface area (Å²) in [5, 5.41) is 11.2. The number of nitrogens with two attached hydrogens (primary N) is 1. The van der Waals surface area contributed by atoms with Gasteiger partial charge in [0.25, 0.3) is 0 Å². The smallest absolute Gasteiger partial charge is 0.0882 e. The molecule has 2 unspecified atom stereocenters. The van der Waals surface area contributed by atoms with Gasteiger partial charge in [-0.15, -0.1) is 0 Å². The molecule has 2 heterocycles. The average Bonchev–Trinajstić information content (AvgIpc) is 2.97. The Bertz CT molecular complexity index is 275. The molecule has 1 saturated carbocycles. The molecule has 92 valence electrons. The van der Waals surface area contributed by atoms with Gasteiger partial charge < -0.3 is 10.8 Å². The van der Waals surface area contributed by atoms with E-state index >= 15 is 0 Å². The Morgan fingerprint density at radius 1 is 1.12 bits per heavy atom. The van der Waals surface area contributed by atoms with Crippen LogP contribution in [0.4, 0.5) is 0 Å². The van der Waals surface area contributed by atoms with Crippen LogP contribution in [0.1, 0.15) is 44.9 Å². The monoisotopic (exact) mass is 224 g/mol. The van der Waals surface area contributed by atoms with Gasteiger partial charge in [-0.05, 0) is 38.6 Å². The fourth-order valence-corrected chi connectivity index (χ4v) is 4.60. The molecule has 3 aliphatic rings. The van der Waals surface area contributed by atoms with Crippen LogP contribution in [0.3, 0.4) is 0 Å². The van der Waals surface area contributed by atoms with Crippen molar-refractivity contribution in [2.75, 3.05) is 19.6 Å². The van der Waals surface area contributed by atoms with Crippen molar-refractivity contribution in [1.82, 2.24) is 4.90 Å². The summed E-state index contributed by atoms with van der Waals surface area (Å²) in [5.41, 5.74) is 5.60. The molecule has 0 aromatic rings. The summed E-state index contributed by atoms with van der Waals surface area (Å²) >= 11 is 0. The highest BCUT2D eigenvalue weighted by atomic mass is 16.3. The van der Waals surface area contributed by atoms with Crippen LogP contribution >= 0.6 is 0 Å². The van der Waals surface area contributed by atoms with Gasteiger partial charge in [-0.25, -0.2) is 0 Å². The van der Waals surface area contributed by atoms with Crippen molar-refractivity contribution >= 4 is 0 Å². The maximum Gasteiger partial charge on any atom is 0.0882 e. The van der Waals surface area contributed by atoms with E-state index in [1.807, 2.05) is 0 Å². The minimum Gasteiger partial charge on any atom is -0.388 e. The number of hydrogen-bond donors (Lipinski definition) is 2. The van der Waals surface area contributed by atoms with E-state index in [0.717, 1.165) is 25.8 Å². The molecule has 0 bridgehead atoms. The Morgan fingerprint density at radius 2 is 1.88 bits per heavy atom. The molecule has 0 radical (unpaired) electrons. The summed E-state index contributed by atoms with van der Waals surface area (Å²) in [7, 11) is 0. The zero-order chi connectivity index (χ0) is 11.2. The van der Waals surface area contributed by atoms with Crippen LogP contribution in [0.2, 0.25) is 0 Å². The van der Waals surface area contributed by atoms with Crippen molar-refractivity contribution in [3.63, 3.8) is 0 Å². The van der Waals surface area contributed by atoms with Gasteiger partial charge in [-0.1, -0.05) is 12.8 Å². The second-order valence-electron chi connectivity index (χ2n) is 6.06. The predicted octanol–water partition coefficient (Wildman–Crippen LogP) is 1.10. The summed E-state index contributed by atoms with van der Waals surface area (Å²) in [6, 6.07) is 0.411. The third-order valence-electron chi connectivity index (χ3n) is 5.56. The van der Waals surface area contributed by atoms with E-state index in [2.05, 4.69) is 4.90 Å². The Labute approximate surface area is 98.0 Å². The van der Waals surface area contributed by atoms with Gasteiger partial charge in [0.2, 0.25) is 0 Å². The first-order chi connectivity index (χ1) is 7.72. The second kappa shape index (κ2) is 3.69. The van der Waals surface area contributed by atoms with Crippen molar-refractivity contribution in [2.45, 2.75) is 56.6 Å². The minimum absolute atomic E-state index is 0.0384. The first-order valence-electron chi connectivity index (χ1n) is 6.88. The van der Waals surface area contributed by atoms with Crippen molar-refractivity contribution in [1.29, 1.82) is 0 Å². The molecule has 3 heteroatoms. The SMILES string of the molecule is NCC1(C2(O)CCN3CCCC32)CCCC1. The average molecular weight is 224 g/mol. The summed E-state index contributed by atoms with van der Waals surface area (Å²) in [6.07, 6.45) is 8.19. The maximum atomic E-state index is 11.2. The summed E-state index contributed by atoms with van der Waals surface area (Å²) < 4.78 is 0. The molecule has 2 saturated heterocycles. The molecule has 2 atom stereocenters. The van der Waals surface area contributed by atoms with E-state index in [0.29, 0.717) is 12.6 Å². The summed E-state index contributed by atoms with van der Waals surface area (Å²) in [6.45, 7) is 2.95. The summed E-state index contributed by atoms with van der Waals surface area (Å²) in [5.74, 6) is 0. The fraction of sp³-hybridized carbons (Fsp3) is 1.00. The Hall–Kier alpha value is -0.120. The number of hydrogen-bond acceptors (Lipinski definition) is 3. The van der Waals surface area contributed by atoms with Gasteiger partial charge in [0.05, 0.1) is 5.60 Å². The lowest BCUT2D eigenvalue weighted by atomic mass is 9.66. The van der Waals surface area contributed by atoms with Gasteiger partial charge >= 0.3 is 0 Å². The topological polar surface area (TPSA) is 49.5 Å². The third-order valence-corrected chi connectivity index (χ3v) is 5.56. The van der Waals surface area contributed by atoms with Gasteiger partial charge in [0.15, 0.2) is 0 Å². The zero-order valence-electron chi connectivity index (χ0n) is 10.1. The molecule has 0 amide bonds. The van der Waals surface area contributed by atoms with E-state index < -0.39 is 5.60 Å². The van der Waals surface area contributed by atoms with Crippen molar-refractivity contribution in [2.24, 2.45) is 11.1 Å². The van der Waals surface area contributed by atoms with Crippen LogP contribution in [0.5, 0.6) is 0 Å². The largest absolute Gasteiger partial charge is 0.388 e. The molecular formula is C13H24N2O. The van der Waals surface area contributed by atoms with Gasteiger partial charge in [0, 0.05) is 24.5 Å². The van der Waals surface area contributed by atoms with Crippen molar-refractivity contribution in [3.05, 3.63) is 0 Å². The number of nitrogens with zero attached hydrogens (tertiary/aromatic N) is 1. The van der Waals surface area contributed by atoms with Crippen molar-refractivity contribution in [3.8, 4) is 0 Å². The van der Waals surface area contributed by atoms with Crippen LogP contribution in [-0.2, 0) is 0 Å². The van der Waals surface area contributed by atoms with Crippen LogP contribution in [0.15, 0.2) is 0 Å². The highest BCUT2D eigenvalue weighted by Crippen LogP contribution is 2.54. The van der Waals surface area contributed by atoms with Crippen LogP contribution < -0.4 is 5.73 Å². The number of aliphatic hydroxyl groups is 1. The standard InChI is InChI=1S/C13H24N2O/c14-10-12(5-1-2-6-12)13(16)7-9-15-8-3-4-11(13)15/h11,16H,1-10,14H2. The molecule has 3 fully saturated rings. The second-order valence-corrected chi connectivity index (χ2v) is 6.06. The lowest BCUT2D eigenvalue weighted by molar-refractivity contribution is -0.0947. The molecule has 3 nitrogen and oxygen atoms in total. The van der Waals surface area contributed by atoms with Gasteiger partial charge in [-0.3, -0.25) is 4.90 Å². The predicted molar refractivity (Wildman–Crippen MR) is 64.1 cm³/mol. The molecule has 3 rings (SSSR count). The molecule has 0 aromatic carbocycles. The quantitative estimate of drug-likeness (QED) is 0.738. The Morgan fingerprint density at radius 3 is 2.56 bits per heavy atom. The van der Waals surface area contributed by atoms with Crippen LogP contribution in [0, 0.1) is 5.41 Å². The molecule has 3 N–H and O–H groups in total. The van der Waals surface area contributed by atoms with Gasteiger partial charge in [-0.2, -0.15) is 0 Å². The minimum atomic E-state index is -0.477. The van der Waals surface area contributed by atoms with Crippen LogP contribution in [-0.4, -0.2) is 41.3 Å². The van der Waals surface area contributed by atoms with E-state index in [4.69, 9.17) is 5.73 Å². The third kappa shape index (κ3) is 1.25. The van der Waals surface area contributed by atoms with E-state index in [1.165, 1.54) is 32.2 Å². The van der Waals surface area contributed by atoms with Crippen LogP contribution in [0.25, 0.3) is 0 Å². The first kappa shape index (κ1) is 11.0. The van der Waals surface area contributed by atoms with Crippen molar-refractivity contribution < 1.29 is 5.11 Å². The molecule has 16 heavy (non-hydrogen) atoms. The highest BCUT2D eigenvalue weighted by Gasteiger charge is 2.59. The van der Waals surface area contributed by atoms with Gasteiger partial charge in [0.1, 0.15) is 0 Å². The van der Waals surface area contributed by atoms with E-state index in [9.17, 15) is 5.11 Å². The fourth-order valence-electron chi connectivity index (χ4n) is 4.60. The molecule has 0 aromatic heterocycles. The zero-order valence-corrected chi connectivity index (χ0v) is 10.1. The summed E-state index contributed by atoms with van der Waals surface area (Å²) in [4.78, 5) is 2.50.